The third-order valence-corrected chi connectivity index (χ3v) is 4.39. The summed E-state index contributed by atoms with van der Waals surface area (Å²) in [4.78, 5) is 0. The van der Waals surface area contributed by atoms with Crippen LogP contribution in [0.3, 0.4) is 0 Å². The van der Waals surface area contributed by atoms with Crippen LogP contribution in [0.4, 0.5) is 0 Å². The van der Waals surface area contributed by atoms with Crippen molar-refractivity contribution in [3.05, 3.63) is 0 Å². The zero-order valence-corrected chi connectivity index (χ0v) is 11.9. The van der Waals surface area contributed by atoms with Gasteiger partial charge in [0.1, 0.15) is 9.84 Å². The number of rotatable bonds is 7. The number of hydrogen-bond donors (Lipinski definition) is 1. The first-order valence-electron chi connectivity index (χ1n) is 6.46. The molecule has 0 aromatic carbocycles. The molecule has 0 aliphatic carbocycles. The van der Waals surface area contributed by atoms with Crippen molar-refractivity contribution in [2.75, 3.05) is 25.2 Å². The van der Waals surface area contributed by atoms with E-state index in [1.807, 2.05) is 0 Å². The summed E-state index contributed by atoms with van der Waals surface area (Å²) in [6.07, 6.45) is 4.34. The van der Waals surface area contributed by atoms with Crippen molar-refractivity contribution in [1.82, 2.24) is 5.32 Å². The molecule has 3 atom stereocenters. The van der Waals surface area contributed by atoms with Crippen molar-refractivity contribution in [3.8, 4) is 0 Å². The van der Waals surface area contributed by atoms with Gasteiger partial charge in [-0.2, -0.15) is 0 Å². The minimum absolute atomic E-state index is 0.240. The highest BCUT2D eigenvalue weighted by atomic mass is 32.2. The molecule has 1 rings (SSSR count). The Morgan fingerprint density at radius 1 is 1.47 bits per heavy atom. The predicted octanol–water partition coefficient (Wildman–Crippen LogP) is 1.21. The van der Waals surface area contributed by atoms with E-state index in [2.05, 4.69) is 19.2 Å². The van der Waals surface area contributed by atoms with Crippen LogP contribution in [0, 0.1) is 5.92 Å². The molecule has 0 amide bonds. The van der Waals surface area contributed by atoms with Crippen LogP contribution in [-0.4, -0.2) is 45.7 Å². The summed E-state index contributed by atoms with van der Waals surface area (Å²) >= 11 is 0. The maximum atomic E-state index is 11.2. The highest BCUT2D eigenvalue weighted by molar-refractivity contribution is 7.90. The molecule has 1 aliphatic rings. The van der Waals surface area contributed by atoms with Crippen molar-refractivity contribution < 1.29 is 13.2 Å². The fourth-order valence-electron chi connectivity index (χ4n) is 2.41. The molecule has 1 fully saturated rings. The zero-order valence-electron chi connectivity index (χ0n) is 11.1. The van der Waals surface area contributed by atoms with Gasteiger partial charge in [0.2, 0.25) is 0 Å². The second kappa shape index (κ2) is 6.71. The molecule has 0 bridgehead atoms. The lowest BCUT2D eigenvalue weighted by molar-refractivity contribution is 0.0950. The van der Waals surface area contributed by atoms with Crippen molar-refractivity contribution in [2.45, 2.75) is 45.3 Å². The number of hydrogen-bond acceptors (Lipinski definition) is 4. The predicted molar refractivity (Wildman–Crippen MR) is 69.9 cm³/mol. The molecular formula is C12H25NO3S. The van der Waals surface area contributed by atoms with Crippen LogP contribution in [0.15, 0.2) is 0 Å². The normalized spacial score (nSPS) is 27.2. The van der Waals surface area contributed by atoms with Gasteiger partial charge in [-0.05, 0) is 32.7 Å². The molecule has 0 aromatic heterocycles. The first kappa shape index (κ1) is 14.9. The van der Waals surface area contributed by atoms with E-state index >= 15 is 0 Å². The van der Waals surface area contributed by atoms with Gasteiger partial charge in [-0.15, -0.1) is 0 Å². The second-order valence-electron chi connectivity index (χ2n) is 5.01. The summed E-state index contributed by atoms with van der Waals surface area (Å²) in [5, 5.41) is 3.47. The Hall–Kier alpha value is -0.130. The topological polar surface area (TPSA) is 55.4 Å². The number of ether oxygens (including phenoxy) is 1. The van der Waals surface area contributed by atoms with Gasteiger partial charge in [-0.25, -0.2) is 8.42 Å². The lowest BCUT2D eigenvalue weighted by atomic mass is 9.91. The van der Waals surface area contributed by atoms with Gasteiger partial charge in [0.25, 0.3) is 0 Å². The Balaban J connectivity index is 2.53. The zero-order chi connectivity index (χ0) is 12.9. The van der Waals surface area contributed by atoms with Crippen LogP contribution < -0.4 is 5.32 Å². The molecule has 1 heterocycles. The summed E-state index contributed by atoms with van der Waals surface area (Å²) in [7, 11) is -2.87. The van der Waals surface area contributed by atoms with E-state index < -0.39 is 9.84 Å². The van der Waals surface area contributed by atoms with Crippen molar-refractivity contribution >= 4 is 9.84 Å². The van der Waals surface area contributed by atoms with Gasteiger partial charge in [0.05, 0.1) is 11.9 Å². The molecule has 1 aliphatic heterocycles. The standard InChI is InChI=1S/C12H25NO3S/c1-4-7-13-12(6-9-17(3,14)15)11-5-8-16-10(11)2/h10-13H,4-9H2,1-3H3. The summed E-state index contributed by atoms with van der Waals surface area (Å²) in [5.41, 5.74) is 0. The molecule has 0 radical (unpaired) electrons. The van der Waals surface area contributed by atoms with Crippen LogP contribution in [0.25, 0.3) is 0 Å². The lowest BCUT2D eigenvalue weighted by Crippen LogP contribution is -2.40. The first-order valence-corrected chi connectivity index (χ1v) is 8.52. The Bertz CT molecular complexity index is 316. The number of sulfone groups is 1. The van der Waals surface area contributed by atoms with Gasteiger partial charge in [0.15, 0.2) is 0 Å². The van der Waals surface area contributed by atoms with Crippen LogP contribution in [0.1, 0.15) is 33.1 Å². The van der Waals surface area contributed by atoms with Gasteiger partial charge in [-0.1, -0.05) is 6.92 Å². The molecule has 0 aromatic rings. The second-order valence-corrected chi connectivity index (χ2v) is 7.27. The van der Waals surface area contributed by atoms with Crippen LogP contribution in [-0.2, 0) is 14.6 Å². The monoisotopic (exact) mass is 263 g/mol. The van der Waals surface area contributed by atoms with E-state index in [9.17, 15) is 8.42 Å². The van der Waals surface area contributed by atoms with Crippen molar-refractivity contribution in [1.29, 1.82) is 0 Å². The third-order valence-electron chi connectivity index (χ3n) is 3.41. The van der Waals surface area contributed by atoms with E-state index in [4.69, 9.17) is 4.74 Å². The maximum absolute atomic E-state index is 11.2. The van der Waals surface area contributed by atoms with Gasteiger partial charge in [-0.3, -0.25) is 0 Å². The molecule has 1 N–H and O–H groups in total. The summed E-state index contributed by atoms with van der Waals surface area (Å²) in [5.74, 6) is 0.709. The molecule has 4 nitrogen and oxygen atoms in total. The fourth-order valence-corrected chi connectivity index (χ4v) is 3.10. The first-order chi connectivity index (χ1) is 7.94. The van der Waals surface area contributed by atoms with E-state index in [-0.39, 0.29) is 17.9 Å². The van der Waals surface area contributed by atoms with Gasteiger partial charge < -0.3 is 10.1 Å². The molecule has 5 heteroatoms. The molecular weight excluding hydrogens is 238 g/mol. The van der Waals surface area contributed by atoms with Crippen LogP contribution >= 0.6 is 0 Å². The smallest absolute Gasteiger partial charge is 0.147 e. The maximum Gasteiger partial charge on any atom is 0.147 e. The highest BCUT2D eigenvalue weighted by Crippen LogP contribution is 2.25. The Morgan fingerprint density at radius 3 is 2.65 bits per heavy atom. The largest absolute Gasteiger partial charge is 0.378 e. The minimum atomic E-state index is -2.87. The van der Waals surface area contributed by atoms with E-state index in [1.165, 1.54) is 6.26 Å². The SMILES string of the molecule is CCCNC(CCS(C)(=O)=O)C1CCOC1C. The van der Waals surface area contributed by atoms with Crippen molar-refractivity contribution in [3.63, 3.8) is 0 Å². The van der Waals surface area contributed by atoms with E-state index in [0.717, 1.165) is 26.0 Å². The van der Waals surface area contributed by atoms with Gasteiger partial charge in [0, 0.05) is 24.8 Å². The Labute approximate surface area is 105 Å². The van der Waals surface area contributed by atoms with E-state index in [0.29, 0.717) is 12.3 Å². The highest BCUT2D eigenvalue weighted by Gasteiger charge is 2.31. The molecule has 1 saturated heterocycles. The van der Waals surface area contributed by atoms with Crippen LogP contribution in [0.5, 0.6) is 0 Å². The lowest BCUT2D eigenvalue weighted by Gasteiger charge is -2.26. The van der Waals surface area contributed by atoms with E-state index in [1.54, 1.807) is 0 Å². The third kappa shape index (κ3) is 5.36. The summed E-state index contributed by atoms with van der Waals surface area (Å²) in [6.45, 7) is 5.95. The quantitative estimate of drug-likeness (QED) is 0.750. The molecule has 0 spiro atoms. The van der Waals surface area contributed by atoms with Gasteiger partial charge >= 0.3 is 0 Å². The minimum Gasteiger partial charge on any atom is -0.378 e. The van der Waals surface area contributed by atoms with Crippen molar-refractivity contribution in [2.24, 2.45) is 5.92 Å². The molecule has 3 unspecified atom stereocenters. The molecule has 0 saturated carbocycles. The molecule has 102 valence electrons. The average molecular weight is 263 g/mol. The number of nitrogens with one attached hydrogen (secondary N) is 1. The summed E-state index contributed by atoms with van der Waals surface area (Å²) < 4.78 is 28.1. The van der Waals surface area contributed by atoms with Crippen LogP contribution in [0.2, 0.25) is 0 Å². The Morgan fingerprint density at radius 2 is 2.18 bits per heavy atom. The summed E-state index contributed by atoms with van der Waals surface area (Å²) in [6, 6.07) is 0.266. The fraction of sp³-hybridized carbons (Fsp3) is 1.00. The average Bonchev–Trinajstić information content (AvgIpc) is 2.63. The molecule has 17 heavy (non-hydrogen) atoms. The Kier molecular flexibility index (Phi) is 5.89.